The largest absolute Gasteiger partial charge is 0.327 e. The molecule has 5 heteroatoms. The maximum absolute atomic E-state index is 11.7. The van der Waals surface area contributed by atoms with Gasteiger partial charge in [-0.05, 0) is 20.8 Å². The van der Waals surface area contributed by atoms with Crippen LogP contribution in [0.4, 0.5) is 5.69 Å². The number of rotatable bonds is 4. The molecule has 2 unspecified atom stereocenters. The lowest BCUT2D eigenvalue weighted by Gasteiger charge is -2.14. The summed E-state index contributed by atoms with van der Waals surface area (Å²) in [6.45, 7) is 7.70. The Morgan fingerprint density at radius 3 is 2.50 bits per heavy atom. The molecule has 2 atom stereocenters. The minimum Gasteiger partial charge on any atom is -0.327 e. The molecule has 16 heavy (non-hydrogen) atoms. The second kappa shape index (κ2) is 5.12. The molecular formula is C11H20N4O. The van der Waals surface area contributed by atoms with E-state index in [1.807, 2.05) is 33.9 Å². The number of anilines is 1. The third-order valence-electron chi connectivity index (χ3n) is 2.60. The van der Waals surface area contributed by atoms with E-state index in [4.69, 9.17) is 5.73 Å². The van der Waals surface area contributed by atoms with Gasteiger partial charge in [0.25, 0.3) is 0 Å². The summed E-state index contributed by atoms with van der Waals surface area (Å²) in [5, 5.41) is 6.94. The van der Waals surface area contributed by atoms with Crippen molar-refractivity contribution in [2.45, 2.75) is 39.8 Å². The fourth-order valence-corrected chi connectivity index (χ4v) is 1.18. The maximum Gasteiger partial charge on any atom is 0.228 e. The Morgan fingerprint density at radius 2 is 2.06 bits per heavy atom. The molecule has 0 spiro atoms. The van der Waals surface area contributed by atoms with E-state index < -0.39 is 0 Å². The summed E-state index contributed by atoms with van der Waals surface area (Å²) < 4.78 is 1.80. The number of hydrogen-bond donors (Lipinski definition) is 2. The van der Waals surface area contributed by atoms with Crippen molar-refractivity contribution in [1.82, 2.24) is 9.78 Å². The standard InChI is InChI=1S/C11H20N4O/c1-7(2)15-6-10(5-13-15)14-11(16)8(3)9(4)12/h5-9H,12H2,1-4H3,(H,14,16). The van der Waals surface area contributed by atoms with Crippen LogP contribution < -0.4 is 11.1 Å². The third kappa shape index (κ3) is 3.06. The zero-order chi connectivity index (χ0) is 12.3. The number of nitrogens with zero attached hydrogens (tertiary/aromatic N) is 2. The summed E-state index contributed by atoms with van der Waals surface area (Å²) in [7, 11) is 0. The summed E-state index contributed by atoms with van der Waals surface area (Å²) in [6.07, 6.45) is 3.46. The fourth-order valence-electron chi connectivity index (χ4n) is 1.18. The summed E-state index contributed by atoms with van der Waals surface area (Å²) in [4.78, 5) is 11.7. The number of nitrogens with one attached hydrogen (secondary N) is 1. The molecule has 1 aromatic rings. The lowest BCUT2D eigenvalue weighted by atomic mass is 10.0. The first-order valence-corrected chi connectivity index (χ1v) is 5.52. The molecular weight excluding hydrogens is 204 g/mol. The lowest BCUT2D eigenvalue weighted by molar-refractivity contribution is -0.119. The molecule has 0 saturated heterocycles. The number of hydrogen-bond acceptors (Lipinski definition) is 3. The Morgan fingerprint density at radius 1 is 1.44 bits per heavy atom. The SMILES string of the molecule is CC(N)C(C)C(=O)Nc1cnn(C(C)C)c1. The molecule has 90 valence electrons. The minimum atomic E-state index is -0.206. The van der Waals surface area contributed by atoms with Crippen molar-refractivity contribution in [3.05, 3.63) is 12.4 Å². The molecule has 0 saturated carbocycles. The van der Waals surface area contributed by atoms with Crippen molar-refractivity contribution in [3.63, 3.8) is 0 Å². The van der Waals surface area contributed by atoms with Crippen molar-refractivity contribution in [1.29, 1.82) is 0 Å². The highest BCUT2D eigenvalue weighted by atomic mass is 16.1. The van der Waals surface area contributed by atoms with Gasteiger partial charge in [-0.15, -0.1) is 0 Å². The van der Waals surface area contributed by atoms with E-state index in [0.717, 1.165) is 0 Å². The molecule has 0 radical (unpaired) electrons. The molecule has 0 fully saturated rings. The van der Waals surface area contributed by atoms with Crippen LogP contribution in [0.15, 0.2) is 12.4 Å². The van der Waals surface area contributed by atoms with Crippen molar-refractivity contribution in [2.75, 3.05) is 5.32 Å². The highest BCUT2D eigenvalue weighted by Crippen LogP contribution is 2.11. The van der Waals surface area contributed by atoms with Gasteiger partial charge in [-0.3, -0.25) is 9.48 Å². The number of aromatic nitrogens is 2. The fraction of sp³-hybridized carbons (Fsp3) is 0.636. The topological polar surface area (TPSA) is 72.9 Å². The van der Waals surface area contributed by atoms with Crippen molar-refractivity contribution < 1.29 is 4.79 Å². The highest BCUT2D eigenvalue weighted by Gasteiger charge is 2.17. The van der Waals surface area contributed by atoms with Gasteiger partial charge in [-0.2, -0.15) is 5.10 Å². The zero-order valence-corrected chi connectivity index (χ0v) is 10.3. The molecule has 0 bridgehead atoms. The number of carbonyl (C=O) groups excluding carboxylic acids is 1. The Hall–Kier alpha value is -1.36. The van der Waals surface area contributed by atoms with Gasteiger partial charge in [-0.25, -0.2) is 0 Å². The second-order valence-corrected chi connectivity index (χ2v) is 4.44. The Labute approximate surface area is 96.0 Å². The van der Waals surface area contributed by atoms with E-state index in [2.05, 4.69) is 10.4 Å². The molecule has 0 aliphatic heterocycles. The number of amides is 1. The van der Waals surface area contributed by atoms with Crippen molar-refractivity contribution in [2.24, 2.45) is 11.7 Å². The number of carbonyl (C=O) groups is 1. The molecule has 1 amide bonds. The zero-order valence-electron chi connectivity index (χ0n) is 10.3. The van der Waals surface area contributed by atoms with Gasteiger partial charge in [0.05, 0.1) is 17.8 Å². The smallest absolute Gasteiger partial charge is 0.228 e. The third-order valence-corrected chi connectivity index (χ3v) is 2.60. The first kappa shape index (κ1) is 12.7. The molecule has 3 N–H and O–H groups in total. The Bertz CT molecular complexity index is 357. The van der Waals surface area contributed by atoms with Gasteiger partial charge in [0.15, 0.2) is 0 Å². The summed E-state index contributed by atoms with van der Waals surface area (Å²) in [6, 6.07) is 0.136. The lowest BCUT2D eigenvalue weighted by Crippen LogP contribution is -2.34. The van der Waals surface area contributed by atoms with Crippen LogP contribution >= 0.6 is 0 Å². The average molecular weight is 224 g/mol. The van der Waals surface area contributed by atoms with E-state index in [1.54, 1.807) is 10.9 Å². The summed E-state index contributed by atoms with van der Waals surface area (Å²) in [5.74, 6) is -0.277. The summed E-state index contributed by atoms with van der Waals surface area (Å²) in [5.41, 5.74) is 6.38. The van der Waals surface area contributed by atoms with Crippen molar-refractivity contribution >= 4 is 11.6 Å². The highest BCUT2D eigenvalue weighted by molar-refractivity contribution is 5.92. The normalized spacial score (nSPS) is 14.9. The van der Waals surface area contributed by atoms with E-state index in [-0.39, 0.29) is 23.9 Å². The minimum absolute atomic E-state index is 0.0710. The first-order valence-electron chi connectivity index (χ1n) is 5.52. The van der Waals surface area contributed by atoms with Gasteiger partial charge in [-0.1, -0.05) is 6.92 Å². The predicted molar refractivity (Wildman–Crippen MR) is 64.1 cm³/mol. The maximum atomic E-state index is 11.7. The van der Waals surface area contributed by atoms with E-state index >= 15 is 0 Å². The summed E-state index contributed by atoms with van der Waals surface area (Å²) >= 11 is 0. The molecule has 0 aliphatic rings. The van der Waals surface area contributed by atoms with Gasteiger partial charge in [0.1, 0.15) is 0 Å². The van der Waals surface area contributed by atoms with E-state index in [9.17, 15) is 4.79 Å². The Balaban J connectivity index is 2.63. The van der Waals surface area contributed by atoms with Crippen molar-refractivity contribution in [3.8, 4) is 0 Å². The van der Waals surface area contributed by atoms with E-state index in [0.29, 0.717) is 5.69 Å². The van der Waals surface area contributed by atoms with Gasteiger partial charge >= 0.3 is 0 Å². The predicted octanol–water partition coefficient (Wildman–Crippen LogP) is 1.39. The van der Waals surface area contributed by atoms with Crippen LogP contribution in [-0.4, -0.2) is 21.7 Å². The van der Waals surface area contributed by atoms with Gasteiger partial charge < -0.3 is 11.1 Å². The molecule has 5 nitrogen and oxygen atoms in total. The van der Waals surface area contributed by atoms with Gasteiger partial charge in [0, 0.05) is 18.3 Å². The average Bonchev–Trinajstić information content (AvgIpc) is 2.64. The second-order valence-electron chi connectivity index (χ2n) is 4.44. The quantitative estimate of drug-likeness (QED) is 0.811. The molecule has 0 aromatic carbocycles. The van der Waals surface area contributed by atoms with Crippen LogP contribution in [0.2, 0.25) is 0 Å². The van der Waals surface area contributed by atoms with Crippen LogP contribution in [0, 0.1) is 5.92 Å². The van der Waals surface area contributed by atoms with Crippen LogP contribution in [0.1, 0.15) is 33.7 Å². The molecule has 1 rings (SSSR count). The van der Waals surface area contributed by atoms with E-state index in [1.165, 1.54) is 0 Å². The molecule has 1 aromatic heterocycles. The van der Waals surface area contributed by atoms with Crippen LogP contribution in [0.3, 0.4) is 0 Å². The van der Waals surface area contributed by atoms with Crippen LogP contribution in [0.25, 0.3) is 0 Å². The van der Waals surface area contributed by atoms with Crippen LogP contribution in [0.5, 0.6) is 0 Å². The number of nitrogens with two attached hydrogens (primary N) is 1. The molecule has 1 heterocycles. The van der Waals surface area contributed by atoms with Crippen LogP contribution in [-0.2, 0) is 4.79 Å². The molecule has 0 aliphatic carbocycles. The van der Waals surface area contributed by atoms with Gasteiger partial charge in [0.2, 0.25) is 5.91 Å². The first-order chi connectivity index (χ1) is 7.41. The Kier molecular flexibility index (Phi) is 4.06. The monoisotopic (exact) mass is 224 g/mol.